The van der Waals surface area contributed by atoms with E-state index in [1.54, 1.807) is 68.8 Å². The summed E-state index contributed by atoms with van der Waals surface area (Å²) in [6, 6.07) is 3.35. The molecule has 0 bridgehead atoms. The number of nitrogens with one attached hydrogen (secondary N) is 4. The van der Waals surface area contributed by atoms with Crippen molar-refractivity contribution >= 4 is 64.6 Å². The second-order valence-corrected chi connectivity index (χ2v) is 27.8. The number of esters is 1. The summed E-state index contributed by atoms with van der Waals surface area (Å²) in [6.45, 7) is 20.3. The molecule has 2 saturated heterocycles. The molecule has 550 valence electrons. The molecule has 0 aromatic heterocycles. The number of benzene rings is 2. The number of nitrogens with two attached hydrogens (primary N) is 1. The van der Waals surface area contributed by atoms with E-state index in [9.17, 15) is 69.9 Å². The standard InChI is InChI=1S/C71H108F5N9O13/c1-16-42(8)65(83(13)69(93)49(39(2)3)36-53(88)64(41(6)7)82(11)12)54(96-14)37-57(91)85-32-18-21-50(85)66(97-15)44(10)51(86)27-28-55(89)79-38-45-23-25-48(26-24-45)80-68(92)46(20-17-30-78-71(77)95)35-52(87)63(40(4)5)81-56(90)22-19-31-84-33-29-47(34-43(84)9)70(94)98-67-61(75)59(73)58(72)60(74)62(67)76/h23-26,39-44,46-47,49-50,54,63-66H,16-22,27-38H2,1-15H3,(H,79,89)(H,80,92)(H,81,90)(H3,77,78,95)/t42-,43?,44-,46+,47?,49-,50-,54+,63-,64-,65-,66+/m0/s1. The number of hydrogen-bond acceptors (Lipinski definition) is 15. The zero-order valence-electron chi connectivity index (χ0n) is 60.0. The minimum absolute atomic E-state index is 0.00112. The maximum Gasteiger partial charge on any atom is 0.314 e. The number of piperidine rings is 1. The summed E-state index contributed by atoms with van der Waals surface area (Å²) in [7, 11) is 8.50. The van der Waals surface area contributed by atoms with Gasteiger partial charge < -0.3 is 55.9 Å². The van der Waals surface area contributed by atoms with Gasteiger partial charge in [0.15, 0.2) is 11.6 Å². The molecule has 2 fully saturated rings. The number of methoxy groups -OCH3 is 2. The third kappa shape index (κ3) is 23.6. The maximum atomic E-state index is 14.5. The van der Waals surface area contributed by atoms with Gasteiger partial charge in [0.05, 0.1) is 48.7 Å². The van der Waals surface area contributed by atoms with Gasteiger partial charge in [0, 0.05) is 102 Å². The van der Waals surface area contributed by atoms with Gasteiger partial charge in [-0.1, -0.05) is 80.9 Å². The highest BCUT2D eigenvalue weighted by atomic mass is 19.2. The summed E-state index contributed by atoms with van der Waals surface area (Å²) in [6.07, 6.45) is 1.26. The number of halogens is 5. The number of anilines is 1. The molecule has 2 aliphatic rings. The number of hydrogen-bond donors (Lipinski definition) is 5. The molecule has 6 N–H and O–H groups in total. The van der Waals surface area contributed by atoms with Crippen molar-refractivity contribution in [3.8, 4) is 5.75 Å². The SMILES string of the molecule is CC[C@H](C)[C@@H]([C@@H](CC(=O)N1CCC[C@H]1[C@H](OC)[C@@H](C)C(=O)CCC(=O)NCc1ccc(NC(=O)[C@H](CCCNC(N)=O)CC(=O)[C@@H](NC(=O)CCCN2CCC(C(=O)Oc3c(F)c(F)c(F)c(F)c3F)CC2C)C(C)C)cc1)OC)N(C)C(=O)[C@@H](CC(=O)[C@H](C(C)C)N(C)C)C(C)C. The smallest absolute Gasteiger partial charge is 0.314 e. The molecule has 2 aromatic rings. The molecule has 2 aromatic carbocycles. The van der Waals surface area contributed by atoms with Crippen molar-refractivity contribution in [2.75, 3.05) is 66.9 Å². The highest BCUT2D eigenvalue weighted by Crippen LogP contribution is 2.34. The zero-order chi connectivity index (χ0) is 73.6. The molecule has 4 rings (SSSR count). The van der Waals surface area contributed by atoms with Crippen LogP contribution in [0.25, 0.3) is 0 Å². The van der Waals surface area contributed by atoms with Crippen LogP contribution in [0.3, 0.4) is 0 Å². The molecular weight excluding hydrogens is 1280 g/mol. The molecule has 0 spiro atoms. The molecule has 27 heteroatoms. The maximum absolute atomic E-state index is 14.5. The van der Waals surface area contributed by atoms with E-state index in [0.29, 0.717) is 56.6 Å². The number of likely N-dealkylation sites (tertiary alicyclic amines) is 2. The number of carbonyl (C=O) groups excluding carboxylic acids is 10. The van der Waals surface area contributed by atoms with E-state index < -0.39 is 118 Å². The third-order valence-electron chi connectivity index (χ3n) is 19.5. The van der Waals surface area contributed by atoms with E-state index >= 15 is 0 Å². The van der Waals surface area contributed by atoms with Gasteiger partial charge in [0.25, 0.3) is 0 Å². The number of carbonyl (C=O) groups is 10. The first-order valence-electron chi connectivity index (χ1n) is 34.4. The second kappa shape index (κ2) is 39.7. The summed E-state index contributed by atoms with van der Waals surface area (Å²) in [5.41, 5.74) is 6.32. The van der Waals surface area contributed by atoms with Gasteiger partial charge >= 0.3 is 12.0 Å². The van der Waals surface area contributed by atoms with Crippen molar-refractivity contribution in [1.82, 2.24) is 35.6 Å². The minimum Gasteiger partial charge on any atom is -0.420 e. The van der Waals surface area contributed by atoms with Crippen LogP contribution in [0.4, 0.5) is 32.4 Å². The molecule has 2 aliphatic heterocycles. The monoisotopic (exact) mass is 1390 g/mol. The van der Waals surface area contributed by atoms with Crippen molar-refractivity contribution in [3.63, 3.8) is 0 Å². The number of ether oxygens (including phenoxy) is 3. The Morgan fingerprint density at radius 1 is 0.704 bits per heavy atom. The number of Topliss-reactive ketones (excluding diaryl/α,β-unsaturated/α-hetero) is 3. The molecule has 0 saturated carbocycles. The van der Waals surface area contributed by atoms with E-state index in [4.69, 9.17) is 15.2 Å². The number of primary amides is 1. The van der Waals surface area contributed by atoms with Crippen LogP contribution < -0.4 is 31.7 Å². The average molecular weight is 1390 g/mol. The Morgan fingerprint density at radius 3 is 1.89 bits per heavy atom. The molecule has 22 nitrogen and oxygen atoms in total. The van der Waals surface area contributed by atoms with Crippen molar-refractivity contribution in [1.29, 1.82) is 0 Å². The van der Waals surface area contributed by atoms with Crippen molar-refractivity contribution < 1.29 is 84.1 Å². The van der Waals surface area contributed by atoms with Gasteiger partial charge in [-0.3, -0.25) is 48.1 Å². The molecule has 2 heterocycles. The largest absolute Gasteiger partial charge is 0.420 e. The predicted molar refractivity (Wildman–Crippen MR) is 359 cm³/mol. The average Bonchev–Trinajstić information content (AvgIpc) is 1.08. The first-order chi connectivity index (χ1) is 46.1. The zero-order valence-corrected chi connectivity index (χ0v) is 60.0. The summed E-state index contributed by atoms with van der Waals surface area (Å²) in [5, 5.41) is 11.0. The fourth-order valence-electron chi connectivity index (χ4n) is 13.7. The van der Waals surface area contributed by atoms with Crippen LogP contribution in [0.1, 0.15) is 165 Å². The molecule has 98 heavy (non-hydrogen) atoms. The number of amides is 7. The molecule has 0 radical (unpaired) electrons. The Balaban J connectivity index is 1.29. The molecule has 7 amide bonds. The van der Waals surface area contributed by atoms with Gasteiger partial charge in [-0.05, 0) is 120 Å². The minimum atomic E-state index is -2.38. The lowest BCUT2D eigenvalue weighted by Crippen LogP contribution is -2.54. The lowest BCUT2D eigenvalue weighted by atomic mass is 9.83. The number of urea groups is 1. The van der Waals surface area contributed by atoms with Crippen molar-refractivity contribution in [2.24, 2.45) is 53.1 Å². The molecule has 12 atom stereocenters. The number of likely N-dealkylation sites (N-methyl/N-ethyl adjacent to an activating group) is 2. The molecule has 0 aliphatic carbocycles. The summed E-state index contributed by atoms with van der Waals surface area (Å²) in [5.74, 6) is -20.1. The van der Waals surface area contributed by atoms with Crippen LogP contribution in [0.2, 0.25) is 0 Å². The highest BCUT2D eigenvalue weighted by molar-refractivity contribution is 5.97. The Hall–Kier alpha value is -6.97. The quantitative estimate of drug-likeness (QED) is 0.0104. The normalized spacial score (nSPS) is 18.7. The number of nitrogens with zero attached hydrogens (tertiary/aromatic N) is 4. The summed E-state index contributed by atoms with van der Waals surface area (Å²) >= 11 is 0. The van der Waals surface area contributed by atoms with Gasteiger partial charge in [0.2, 0.25) is 64.4 Å². The Bertz CT molecular complexity index is 3010. The Kier molecular flexibility index (Phi) is 33.8. The van der Waals surface area contributed by atoms with Crippen LogP contribution >= 0.6 is 0 Å². The van der Waals surface area contributed by atoms with Crippen LogP contribution in [0, 0.1) is 76.4 Å². The molecule has 2 unspecified atom stereocenters. The van der Waals surface area contributed by atoms with Gasteiger partial charge in [-0.2, -0.15) is 8.78 Å². The second-order valence-electron chi connectivity index (χ2n) is 27.8. The predicted octanol–water partition coefficient (Wildman–Crippen LogP) is 8.68. The van der Waals surface area contributed by atoms with Crippen molar-refractivity contribution in [2.45, 2.75) is 208 Å². The first-order valence-corrected chi connectivity index (χ1v) is 34.4. The Morgan fingerprint density at radius 2 is 1.34 bits per heavy atom. The van der Waals surface area contributed by atoms with E-state index in [1.165, 1.54) is 14.2 Å². The Labute approximate surface area is 574 Å². The lowest BCUT2D eigenvalue weighted by Gasteiger charge is -2.41. The fourth-order valence-corrected chi connectivity index (χ4v) is 13.7. The van der Waals surface area contributed by atoms with Gasteiger partial charge in [0.1, 0.15) is 5.78 Å². The molecular formula is C71H108F5N9O13. The fraction of sp³-hybridized carbons (Fsp3) is 0.690. The van der Waals surface area contributed by atoms with E-state index in [2.05, 4.69) is 26.0 Å². The van der Waals surface area contributed by atoms with Crippen LogP contribution in [-0.2, 0) is 59.2 Å². The third-order valence-corrected chi connectivity index (χ3v) is 19.5. The summed E-state index contributed by atoms with van der Waals surface area (Å²) < 4.78 is 86.1. The number of rotatable bonds is 40. The van der Waals surface area contributed by atoms with E-state index in [-0.39, 0.29) is 142 Å². The topological polar surface area (TPSA) is 285 Å². The number of ketones is 3. The van der Waals surface area contributed by atoms with Crippen LogP contribution in [0.5, 0.6) is 5.75 Å². The van der Waals surface area contributed by atoms with Gasteiger partial charge in [-0.15, -0.1) is 0 Å². The van der Waals surface area contributed by atoms with Crippen LogP contribution in [0.15, 0.2) is 24.3 Å². The van der Waals surface area contributed by atoms with Crippen LogP contribution in [-0.4, -0.2) is 182 Å². The highest BCUT2D eigenvalue weighted by Gasteiger charge is 2.44. The first kappa shape index (κ1) is 83.4. The van der Waals surface area contributed by atoms with E-state index in [1.807, 2.05) is 65.4 Å². The van der Waals surface area contributed by atoms with Gasteiger partial charge in [-0.25, -0.2) is 18.0 Å². The van der Waals surface area contributed by atoms with Crippen molar-refractivity contribution in [3.05, 3.63) is 58.9 Å². The lowest BCUT2D eigenvalue weighted by molar-refractivity contribution is -0.149. The van der Waals surface area contributed by atoms with E-state index in [0.717, 1.165) is 0 Å². The summed E-state index contributed by atoms with van der Waals surface area (Å²) in [4.78, 5) is 142.